The van der Waals surface area contributed by atoms with E-state index in [0.717, 1.165) is 4.88 Å². The van der Waals surface area contributed by atoms with E-state index in [1.54, 1.807) is 6.07 Å². The molecule has 2 aromatic heterocycles. The molecule has 2 aromatic rings. The number of carbonyl (C=O) groups is 2. The fraction of sp³-hybridized carbons (Fsp3) is 0.0909. The van der Waals surface area contributed by atoms with Crippen LogP contribution in [0.25, 0.3) is 0 Å². The predicted octanol–water partition coefficient (Wildman–Crippen LogP) is 2.31. The minimum atomic E-state index is -1.07. The Morgan fingerprint density at radius 1 is 1.38 bits per heavy atom. The lowest BCUT2D eigenvalue weighted by Gasteiger charge is -1.91. The molecule has 2 rings (SSSR count). The largest absolute Gasteiger partial charge is 0.477 e. The van der Waals surface area contributed by atoms with Crippen LogP contribution >= 0.6 is 11.3 Å². The van der Waals surface area contributed by atoms with Gasteiger partial charge < -0.3 is 10.1 Å². The van der Waals surface area contributed by atoms with E-state index in [2.05, 4.69) is 4.98 Å². The highest BCUT2D eigenvalue weighted by atomic mass is 32.1. The molecular formula is C11H9NO3S. The molecule has 82 valence electrons. The Balaban J connectivity index is 2.30. The van der Waals surface area contributed by atoms with Gasteiger partial charge in [-0.25, -0.2) is 4.79 Å². The molecule has 0 atom stereocenters. The Bertz CT molecular complexity index is 553. The monoisotopic (exact) mass is 235 g/mol. The average Bonchev–Trinajstić information content (AvgIpc) is 2.84. The van der Waals surface area contributed by atoms with Crippen LogP contribution in [0.15, 0.2) is 24.4 Å². The highest BCUT2D eigenvalue weighted by Crippen LogP contribution is 2.19. The lowest BCUT2D eigenvalue weighted by atomic mass is 10.2. The second-order valence-corrected chi connectivity index (χ2v) is 4.63. The third-order valence-electron chi connectivity index (χ3n) is 2.14. The molecule has 0 spiro atoms. The Labute approximate surface area is 95.6 Å². The number of rotatable bonds is 3. The molecule has 0 bridgehead atoms. The van der Waals surface area contributed by atoms with Crippen molar-refractivity contribution in [3.8, 4) is 0 Å². The van der Waals surface area contributed by atoms with E-state index in [1.807, 2.05) is 13.0 Å². The summed E-state index contributed by atoms with van der Waals surface area (Å²) in [5, 5.41) is 8.71. The third kappa shape index (κ3) is 1.90. The highest BCUT2D eigenvalue weighted by molar-refractivity contribution is 7.14. The van der Waals surface area contributed by atoms with Gasteiger partial charge in [0.25, 0.3) is 0 Å². The van der Waals surface area contributed by atoms with Crippen molar-refractivity contribution in [1.82, 2.24) is 4.98 Å². The molecule has 2 heterocycles. The molecule has 0 aliphatic carbocycles. The topological polar surface area (TPSA) is 70.2 Å². The molecule has 0 amide bonds. The fourth-order valence-electron chi connectivity index (χ4n) is 1.35. The molecule has 4 nitrogen and oxygen atoms in total. The number of carboxylic acids is 1. The van der Waals surface area contributed by atoms with E-state index >= 15 is 0 Å². The van der Waals surface area contributed by atoms with Crippen LogP contribution in [-0.2, 0) is 0 Å². The third-order valence-corrected chi connectivity index (χ3v) is 3.14. The summed E-state index contributed by atoms with van der Waals surface area (Å²) in [7, 11) is 0. The van der Waals surface area contributed by atoms with Gasteiger partial charge in [0.15, 0.2) is 0 Å². The summed E-state index contributed by atoms with van der Waals surface area (Å²) >= 11 is 1.40. The van der Waals surface area contributed by atoms with Crippen LogP contribution in [0.2, 0.25) is 0 Å². The maximum atomic E-state index is 11.9. The molecular weight excluding hydrogens is 226 g/mol. The normalized spacial score (nSPS) is 10.3. The first-order valence-electron chi connectivity index (χ1n) is 4.61. The van der Waals surface area contributed by atoms with E-state index in [4.69, 9.17) is 5.11 Å². The van der Waals surface area contributed by atoms with Crippen LogP contribution in [0.1, 0.15) is 30.6 Å². The molecule has 0 saturated carbocycles. The number of nitrogens with one attached hydrogen (secondary N) is 1. The van der Waals surface area contributed by atoms with E-state index in [-0.39, 0.29) is 11.5 Å². The SMILES string of the molecule is Cc1ccc(C(=O)c2c[nH]c(C(=O)O)c2)s1. The first-order chi connectivity index (χ1) is 7.58. The second kappa shape index (κ2) is 3.94. The van der Waals surface area contributed by atoms with Crippen molar-refractivity contribution < 1.29 is 14.7 Å². The first-order valence-corrected chi connectivity index (χ1v) is 5.42. The van der Waals surface area contributed by atoms with Crippen LogP contribution in [0.3, 0.4) is 0 Å². The van der Waals surface area contributed by atoms with Crippen LogP contribution in [0.4, 0.5) is 0 Å². The molecule has 5 heteroatoms. The summed E-state index contributed by atoms with van der Waals surface area (Å²) in [5.74, 6) is -1.22. The summed E-state index contributed by atoms with van der Waals surface area (Å²) in [6.45, 7) is 1.92. The Morgan fingerprint density at radius 3 is 2.62 bits per heavy atom. The minimum Gasteiger partial charge on any atom is -0.477 e. The van der Waals surface area contributed by atoms with E-state index in [1.165, 1.54) is 23.6 Å². The zero-order valence-corrected chi connectivity index (χ0v) is 9.30. The first kappa shape index (κ1) is 10.6. The minimum absolute atomic E-state index is 0.0247. The maximum Gasteiger partial charge on any atom is 0.352 e. The van der Waals surface area contributed by atoms with Crippen LogP contribution in [0, 0.1) is 6.92 Å². The van der Waals surface area contributed by atoms with E-state index in [0.29, 0.717) is 10.4 Å². The number of carboxylic acid groups (broad SMARTS) is 1. The van der Waals surface area contributed by atoms with Crippen molar-refractivity contribution >= 4 is 23.1 Å². The van der Waals surface area contributed by atoms with Gasteiger partial charge in [-0.3, -0.25) is 4.79 Å². The summed E-state index contributed by atoms with van der Waals surface area (Å²) in [5.41, 5.74) is 0.399. The van der Waals surface area contributed by atoms with E-state index in [9.17, 15) is 9.59 Å². The number of H-pyrrole nitrogens is 1. The standard InChI is InChI=1S/C11H9NO3S/c1-6-2-3-9(16-6)10(13)7-4-8(11(14)15)12-5-7/h2-5,12H,1H3,(H,14,15). The van der Waals surface area contributed by atoms with Crippen molar-refractivity contribution in [3.63, 3.8) is 0 Å². The van der Waals surface area contributed by atoms with Gasteiger partial charge >= 0.3 is 5.97 Å². The summed E-state index contributed by atoms with van der Waals surface area (Å²) in [4.78, 5) is 26.7. The second-order valence-electron chi connectivity index (χ2n) is 3.35. The number of thiophene rings is 1. The number of carbonyl (C=O) groups excluding carboxylic acids is 1. The molecule has 0 fully saturated rings. The number of hydrogen-bond acceptors (Lipinski definition) is 3. The number of aromatic nitrogens is 1. The van der Waals surface area contributed by atoms with Crippen molar-refractivity contribution in [2.24, 2.45) is 0 Å². The number of hydrogen-bond donors (Lipinski definition) is 2. The smallest absolute Gasteiger partial charge is 0.352 e. The zero-order chi connectivity index (χ0) is 11.7. The molecule has 0 aliphatic heterocycles. The molecule has 0 radical (unpaired) electrons. The van der Waals surface area contributed by atoms with Crippen LogP contribution in [0.5, 0.6) is 0 Å². The van der Waals surface area contributed by atoms with Gasteiger partial charge in [0.2, 0.25) is 5.78 Å². The number of aryl methyl sites for hydroxylation is 1. The average molecular weight is 235 g/mol. The van der Waals surface area contributed by atoms with E-state index < -0.39 is 5.97 Å². The highest BCUT2D eigenvalue weighted by Gasteiger charge is 2.14. The van der Waals surface area contributed by atoms with Crippen molar-refractivity contribution in [1.29, 1.82) is 0 Å². The van der Waals surface area contributed by atoms with Crippen LogP contribution < -0.4 is 0 Å². The molecule has 0 unspecified atom stereocenters. The Hall–Kier alpha value is -1.88. The fourth-order valence-corrected chi connectivity index (χ4v) is 2.18. The Morgan fingerprint density at radius 2 is 2.12 bits per heavy atom. The summed E-state index contributed by atoms with van der Waals surface area (Å²) in [6.07, 6.45) is 1.42. The van der Waals surface area contributed by atoms with Crippen LogP contribution in [-0.4, -0.2) is 21.8 Å². The van der Waals surface area contributed by atoms with Crippen molar-refractivity contribution in [3.05, 3.63) is 45.4 Å². The molecule has 0 saturated heterocycles. The van der Waals surface area contributed by atoms with Gasteiger partial charge in [-0.05, 0) is 25.1 Å². The number of aromatic carboxylic acids is 1. The molecule has 2 N–H and O–H groups in total. The van der Waals surface area contributed by atoms with Gasteiger partial charge in [0.1, 0.15) is 5.69 Å². The summed E-state index contributed by atoms with van der Waals surface area (Å²) < 4.78 is 0. The van der Waals surface area contributed by atoms with Gasteiger partial charge in [-0.1, -0.05) is 0 Å². The summed E-state index contributed by atoms with van der Waals surface area (Å²) in [6, 6.07) is 4.96. The van der Waals surface area contributed by atoms with Gasteiger partial charge in [-0.15, -0.1) is 11.3 Å². The Kier molecular flexibility index (Phi) is 2.62. The quantitative estimate of drug-likeness (QED) is 0.802. The molecule has 0 aliphatic rings. The number of aromatic amines is 1. The zero-order valence-electron chi connectivity index (χ0n) is 8.48. The molecule has 16 heavy (non-hydrogen) atoms. The van der Waals surface area contributed by atoms with Gasteiger partial charge in [0.05, 0.1) is 4.88 Å². The van der Waals surface area contributed by atoms with Gasteiger partial charge in [0, 0.05) is 16.6 Å². The number of ketones is 1. The maximum absolute atomic E-state index is 11.9. The van der Waals surface area contributed by atoms with Gasteiger partial charge in [-0.2, -0.15) is 0 Å². The van der Waals surface area contributed by atoms with Crippen molar-refractivity contribution in [2.75, 3.05) is 0 Å². The predicted molar refractivity (Wildman–Crippen MR) is 60.2 cm³/mol. The molecule has 0 aromatic carbocycles. The van der Waals surface area contributed by atoms with Crippen molar-refractivity contribution in [2.45, 2.75) is 6.92 Å². The lowest BCUT2D eigenvalue weighted by Crippen LogP contribution is -1.97. The lowest BCUT2D eigenvalue weighted by molar-refractivity contribution is 0.0691.